The van der Waals surface area contributed by atoms with Gasteiger partial charge < -0.3 is 0 Å². The number of Topliss-reactive ketones (excluding diaryl/α,β-unsaturated/α-hetero) is 1. The zero-order chi connectivity index (χ0) is 11.4. The summed E-state index contributed by atoms with van der Waals surface area (Å²) in [7, 11) is 0. The predicted octanol–water partition coefficient (Wildman–Crippen LogP) is 3.54. The number of hydrogen-bond acceptors (Lipinski definition) is 1. The van der Waals surface area contributed by atoms with Gasteiger partial charge in [-0.05, 0) is 24.1 Å². The van der Waals surface area contributed by atoms with Crippen molar-refractivity contribution in [2.75, 3.05) is 0 Å². The first kappa shape index (κ1) is 11.9. The highest BCUT2D eigenvalue weighted by molar-refractivity contribution is 5.87. The van der Waals surface area contributed by atoms with Gasteiger partial charge in [0.25, 0.3) is 0 Å². The second kappa shape index (κ2) is 5.06. The minimum atomic E-state index is -0.262. The number of carbonyl (C=O) groups is 1. The van der Waals surface area contributed by atoms with Crippen molar-refractivity contribution < 1.29 is 9.18 Å². The molecule has 0 bridgehead atoms. The Labute approximate surface area is 90.3 Å². The molecule has 2 atom stereocenters. The van der Waals surface area contributed by atoms with Gasteiger partial charge in [0.1, 0.15) is 11.6 Å². The molecule has 2 unspecified atom stereocenters. The van der Waals surface area contributed by atoms with E-state index >= 15 is 0 Å². The van der Waals surface area contributed by atoms with Crippen LogP contribution in [-0.4, -0.2) is 5.78 Å². The van der Waals surface area contributed by atoms with Crippen LogP contribution in [0.4, 0.5) is 4.39 Å². The second-order valence-electron chi connectivity index (χ2n) is 3.98. The van der Waals surface area contributed by atoms with Crippen LogP contribution in [0, 0.1) is 11.7 Å². The highest BCUT2D eigenvalue weighted by Gasteiger charge is 2.19. The second-order valence-corrected chi connectivity index (χ2v) is 3.98. The Morgan fingerprint density at radius 2 is 1.80 bits per heavy atom. The molecule has 82 valence electrons. The Kier molecular flexibility index (Phi) is 4.01. The third-order valence-electron chi connectivity index (χ3n) is 2.89. The first-order valence-electron chi connectivity index (χ1n) is 5.35. The Hall–Kier alpha value is -1.18. The van der Waals surface area contributed by atoms with Crippen molar-refractivity contribution in [1.29, 1.82) is 0 Å². The maximum Gasteiger partial charge on any atom is 0.142 e. The Morgan fingerprint density at radius 1 is 1.27 bits per heavy atom. The first-order chi connectivity index (χ1) is 7.06. The summed E-state index contributed by atoms with van der Waals surface area (Å²) in [5.74, 6) is -0.100. The van der Waals surface area contributed by atoms with E-state index in [0.717, 1.165) is 12.0 Å². The largest absolute Gasteiger partial charge is 0.299 e. The Bertz CT molecular complexity index is 329. The zero-order valence-electron chi connectivity index (χ0n) is 9.46. The van der Waals surface area contributed by atoms with E-state index in [1.807, 2.05) is 20.8 Å². The van der Waals surface area contributed by atoms with Crippen LogP contribution in [0.5, 0.6) is 0 Å². The molecule has 15 heavy (non-hydrogen) atoms. The molecule has 1 rings (SSSR count). The van der Waals surface area contributed by atoms with E-state index in [1.165, 1.54) is 12.1 Å². The Balaban J connectivity index is 2.80. The van der Waals surface area contributed by atoms with Crippen LogP contribution in [0.1, 0.15) is 38.7 Å². The zero-order valence-corrected chi connectivity index (χ0v) is 9.46. The minimum Gasteiger partial charge on any atom is -0.299 e. The van der Waals surface area contributed by atoms with Gasteiger partial charge in [0.2, 0.25) is 0 Å². The van der Waals surface area contributed by atoms with Crippen molar-refractivity contribution in [2.45, 2.75) is 33.1 Å². The number of hydrogen-bond donors (Lipinski definition) is 0. The molecule has 0 aliphatic rings. The van der Waals surface area contributed by atoms with Gasteiger partial charge in [-0.2, -0.15) is 0 Å². The lowest BCUT2D eigenvalue weighted by Crippen LogP contribution is -2.17. The van der Waals surface area contributed by atoms with E-state index in [9.17, 15) is 9.18 Å². The van der Waals surface area contributed by atoms with Crippen molar-refractivity contribution in [3.63, 3.8) is 0 Å². The standard InChI is InChI=1S/C13H17FO/c1-4-9(2)13(15)10(3)11-5-7-12(14)8-6-11/h5-10H,4H2,1-3H3. The molecular weight excluding hydrogens is 191 g/mol. The summed E-state index contributed by atoms with van der Waals surface area (Å²) in [6.45, 7) is 5.81. The maximum atomic E-state index is 12.7. The normalized spacial score (nSPS) is 14.7. The quantitative estimate of drug-likeness (QED) is 0.739. The van der Waals surface area contributed by atoms with Crippen LogP contribution in [0.25, 0.3) is 0 Å². The lowest BCUT2D eigenvalue weighted by atomic mass is 9.88. The molecule has 0 saturated heterocycles. The first-order valence-corrected chi connectivity index (χ1v) is 5.35. The molecule has 1 aromatic carbocycles. The van der Waals surface area contributed by atoms with Gasteiger partial charge in [-0.1, -0.05) is 32.9 Å². The molecule has 0 spiro atoms. The molecule has 0 amide bonds. The third-order valence-corrected chi connectivity index (χ3v) is 2.89. The number of halogens is 1. The molecule has 0 aromatic heterocycles. The van der Waals surface area contributed by atoms with Gasteiger partial charge >= 0.3 is 0 Å². The number of rotatable bonds is 4. The fourth-order valence-electron chi connectivity index (χ4n) is 1.54. The van der Waals surface area contributed by atoms with Crippen molar-refractivity contribution in [2.24, 2.45) is 5.92 Å². The maximum absolute atomic E-state index is 12.7. The van der Waals surface area contributed by atoms with E-state index in [1.54, 1.807) is 12.1 Å². The fourth-order valence-corrected chi connectivity index (χ4v) is 1.54. The number of ketones is 1. The van der Waals surface area contributed by atoms with E-state index in [0.29, 0.717) is 0 Å². The summed E-state index contributed by atoms with van der Waals surface area (Å²) in [5, 5.41) is 0. The molecule has 0 aliphatic carbocycles. The molecule has 0 N–H and O–H groups in total. The average molecular weight is 208 g/mol. The van der Waals surface area contributed by atoms with Gasteiger partial charge in [-0.3, -0.25) is 4.79 Å². The van der Waals surface area contributed by atoms with E-state index in [2.05, 4.69) is 0 Å². The van der Waals surface area contributed by atoms with Crippen LogP contribution >= 0.6 is 0 Å². The summed E-state index contributed by atoms with van der Waals surface area (Å²) in [5.41, 5.74) is 0.890. The molecular formula is C13H17FO. The monoisotopic (exact) mass is 208 g/mol. The van der Waals surface area contributed by atoms with E-state index in [4.69, 9.17) is 0 Å². The van der Waals surface area contributed by atoms with Crippen molar-refractivity contribution in [1.82, 2.24) is 0 Å². The Morgan fingerprint density at radius 3 is 2.27 bits per heavy atom. The minimum absolute atomic E-state index is 0.0741. The molecule has 0 aliphatic heterocycles. The van der Waals surface area contributed by atoms with E-state index < -0.39 is 0 Å². The summed E-state index contributed by atoms with van der Waals surface area (Å²) in [4.78, 5) is 11.9. The summed E-state index contributed by atoms with van der Waals surface area (Å²) < 4.78 is 12.7. The van der Waals surface area contributed by atoms with Gasteiger partial charge in [-0.15, -0.1) is 0 Å². The fraction of sp³-hybridized carbons (Fsp3) is 0.462. The summed E-state index contributed by atoms with van der Waals surface area (Å²) >= 11 is 0. The molecule has 0 fully saturated rings. The highest BCUT2D eigenvalue weighted by atomic mass is 19.1. The predicted molar refractivity (Wildman–Crippen MR) is 59.3 cm³/mol. The lowest BCUT2D eigenvalue weighted by Gasteiger charge is -2.15. The van der Waals surface area contributed by atoms with Crippen LogP contribution in [0.15, 0.2) is 24.3 Å². The number of carbonyl (C=O) groups excluding carboxylic acids is 1. The molecule has 0 heterocycles. The smallest absolute Gasteiger partial charge is 0.142 e. The molecule has 2 heteroatoms. The molecule has 0 radical (unpaired) electrons. The van der Waals surface area contributed by atoms with E-state index in [-0.39, 0.29) is 23.4 Å². The van der Waals surface area contributed by atoms with Gasteiger partial charge in [0.05, 0.1) is 0 Å². The van der Waals surface area contributed by atoms with Gasteiger partial charge in [0.15, 0.2) is 0 Å². The van der Waals surface area contributed by atoms with Gasteiger partial charge in [0, 0.05) is 11.8 Å². The van der Waals surface area contributed by atoms with Crippen LogP contribution in [0.2, 0.25) is 0 Å². The topological polar surface area (TPSA) is 17.1 Å². The molecule has 1 nitrogen and oxygen atoms in total. The summed E-state index contributed by atoms with van der Waals surface area (Å²) in [6.07, 6.45) is 0.852. The highest BCUT2D eigenvalue weighted by Crippen LogP contribution is 2.21. The summed E-state index contributed by atoms with van der Waals surface area (Å²) in [6, 6.07) is 6.16. The van der Waals surface area contributed by atoms with Crippen molar-refractivity contribution >= 4 is 5.78 Å². The van der Waals surface area contributed by atoms with Crippen LogP contribution < -0.4 is 0 Å². The lowest BCUT2D eigenvalue weighted by molar-refractivity contribution is -0.123. The van der Waals surface area contributed by atoms with Crippen molar-refractivity contribution in [3.05, 3.63) is 35.6 Å². The van der Waals surface area contributed by atoms with Gasteiger partial charge in [-0.25, -0.2) is 4.39 Å². The van der Waals surface area contributed by atoms with Crippen LogP contribution in [0.3, 0.4) is 0 Å². The van der Waals surface area contributed by atoms with Crippen LogP contribution in [-0.2, 0) is 4.79 Å². The molecule has 1 aromatic rings. The number of benzene rings is 1. The third kappa shape index (κ3) is 2.88. The van der Waals surface area contributed by atoms with Crippen molar-refractivity contribution in [3.8, 4) is 0 Å². The average Bonchev–Trinajstić information content (AvgIpc) is 2.27. The molecule has 0 saturated carbocycles. The SMILES string of the molecule is CCC(C)C(=O)C(C)c1ccc(F)cc1.